The summed E-state index contributed by atoms with van der Waals surface area (Å²) in [5.74, 6) is 3.83. The first kappa shape index (κ1) is 19.5. The Morgan fingerprint density at radius 1 is 0.632 bits per heavy atom. The first-order chi connectivity index (χ1) is 8.99. The molecule has 0 aliphatic rings. The van der Waals surface area contributed by atoms with Crippen molar-refractivity contribution < 1.29 is 0 Å². The molecule has 0 aromatic carbocycles. The molecule has 0 aliphatic heterocycles. The van der Waals surface area contributed by atoms with Gasteiger partial charge in [0, 0.05) is 0 Å². The fraction of sp³-hybridized carbons (Fsp3) is 1.00. The summed E-state index contributed by atoms with van der Waals surface area (Å²) in [5, 5.41) is 3.06. The highest BCUT2D eigenvalue weighted by atomic mass is 27.1. The second-order valence-electron chi connectivity index (χ2n) is 7.23. The lowest BCUT2D eigenvalue weighted by Crippen LogP contribution is -2.09. The second kappa shape index (κ2) is 12.3. The Morgan fingerprint density at radius 3 is 1.32 bits per heavy atom. The van der Waals surface area contributed by atoms with Gasteiger partial charge in [0.05, 0.1) is 0 Å². The SMILES string of the molecule is CCCC(C)CC(C)[CH2][Al][CH2]C(C)CC(C)CCC. The van der Waals surface area contributed by atoms with Crippen molar-refractivity contribution in [2.75, 3.05) is 0 Å². The van der Waals surface area contributed by atoms with E-state index in [4.69, 9.17) is 0 Å². The minimum atomic E-state index is 0.699. The molecule has 0 bridgehead atoms. The smallest absolute Gasteiger partial charge is 0.101 e. The van der Waals surface area contributed by atoms with Crippen molar-refractivity contribution in [3.05, 3.63) is 0 Å². The van der Waals surface area contributed by atoms with Gasteiger partial charge in [-0.3, -0.25) is 0 Å². The third-order valence-corrected chi connectivity index (χ3v) is 6.59. The molecule has 113 valence electrons. The van der Waals surface area contributed by atoms with E-state index in [-0.39, 0.29) is 0 Å². The maximum atomic E-state index is 2.48. The Balaban J connectivity index is 3.60. The van der Waals surface area contributed by atoms with Gasteiger partial charge in [-0.25, -0.2) is 0 Å². The summed E-state index contributed by atoms with van der Waals surface area (Å²) in [4.78, 5) is 0. The fourth-order valence-corrected chi connectivity index (χ4v) is 5.17. The van der Waals surface area contributed by atoms with Gasteiger partial charge in [0.15, 0.2) is 0 Å². The largest absolute Gasteiger partial charge is 0.200 e. The molecule has 0 spiro atoms. The van der Waals surface area contributed by atoms with Crippen LogP contribution in [0.4, 0.5) is 0 Å². The molecule has 0 fully saturated rings. The summed E-state index contributed by atoms with van der Waals surface area (Å²) in [5.41, 5.74) is 0. The van der Waals surface area contributed by atoms with Gasteiger partial charge in [0.25, 0.3) is 0 Å². The molecule has 0 aliphatic carbocycles. The van der Waals surface area contributed by atoms with Gasteiger partial charge < -0.3 is 0 Å². The van der Waals surface area contributed by atoms with Crippen LogP contribution in [0.5, 0.6) is 0 Å². The van der Waals surface area contributed by atoms with Crippen LogP contribution >= 0.6 is 0 Å². The van der Waals surface area contributed by atoms with E-state index >= 15 is 0 Å². The number of hydrogen-bond donors (Lipinski definition) is 0. The van der Waals surface area contributed by atoms with E-state index in [2.05, 4.69) is 41.5 Å². The summed E-state index contributed by atoms with van der Waals surface area (Å²) in [6, 6.07) is 0. The topological polar surface area (TPSA) is 0 Å². The molecule has 0 rings (SSSR count). The predicted molar refractivity (Wildman–Crippen MR) is 91.1 cm³/mol. The van der Waals surface area contributed by atoms with Gasteiger partial charge in [-0.15, -0.1) is 10.6 Å². The summed E-state index contributed by atoms with van der Waals surface area (Å²) >= 11 is 0.699. The summed E-state index contributed by atoms with van der Waals surface area (Å²) in [6.45, 7) is 14.4. The van der Waals surface area contributed by atoms with Crippen molar-refractivity contribution in [3.8, 4) is 0 Å². The van der Waals surface area contributed by atoms with E-state index < -0.39 is 0 Å². The predicted octanol–water partition coefficient (Wildman–Crippen LogP) is 6.45. The quantitative estimate of drug-likeness (QED) is 0.360. The molecule has 1 heteroatoms. The molecular weight excluding hydrogens is 243 g/mol. The van der Waals surface area contributed by atoms with Crippen LogP contribution in [-0.2, 0) is 0 Å². The van der Waals surface area contributed by atoms with Crippen molar-refractivity contribution in [1.29, 1.82) is 0 Å². The zero-order chi connectivity index (χ0) is 14.7. The second-order valence-corrected chi connectivity index (χ2v) is 8.75. The van der Waals surface area contributed by atoms with E-state index in [1.54, 1.807) is 0 Å². The molecule has 4 unspecified atom stereocenters. The minimum Gasteiger partial charge on any atom is -0.101 e. The fourth-order valence-electron chi connectivity index (χ4n) is 3.45. The van der Waals surface area contributed by atoms with Gasteiger partial charge in [-0.05, 0) is 24.7 Å². The Hall–Kier alpha value is 0.532. The van der Waals surface area contributed by atoms with Crippen LogP contribution in [0.2, 0.25) is 10.6 Å². The van der Waals surface area contributed by atoms with Gasteiger partial charge in [-0.2, -0.15) is 0 Å². The normalized spacial score (nSPS) is 17.8. The van der Waals surface area contributed by atoms with E-state index in [9.17, 15) is 0 Å². The first-order valence-corrected chi connectivity index (χ1v) is 10.4. The van der Waals surface area contributed by atoms with E-state index in [1.165, 1.54) is 49.1 Å². The van der Waals surface area contributed by atoms with Crippen molar-refractivity contribution in [2.24, 2.45) is 23.7 Å². The van der Waals surface area contributed by atoms with Crippen LogP contribution in [0.1, 0.15) is 80.1 Å². The molecule has 0 nitrogen and oxygen atoms in total. The standard InChI is InChI=1S/2C9H19.Al/c2*1-5-6-9(4)7-8(2)3;/h2*8-9H,2,5-7H2,1,3-4H3;. The Labute approximate surface area is 129 Å². The Kier molecular flexibility index (Phi) is 12.6. The zero-order valence-electron chi connectivity index (χ0n) is 14.5. The van der Waals surface area contributed by atoms with E-state index in [0.29, 0.717) is 15.2 Å². The minimum absolute atomic E-state index is 0.699. The van der Waals surface area contributed by atoms with Crippen molar-refractivity contribution >= 4 is 15.2 Å². The third-order valence-electron chi connectivity index (χ3n) is 4.31. The van der Waals surface area contributed by atoms with Crippen molar-refractivity contribution in [1.82, 2.24) is 0 Å². The van der Waals surface area contributed by atoms with Crippen LogP contribution in [0.3, 0.4) is 0 Å². The van der Waals surface area contributed by atoms with Crippen LogP contribution in [0, 0.1) is 23.7 Å². The van der Waals surface area contributed by atoms with Gasteiger partial charge in [0.2, 0.25) is 15.2 Å². The summed E-state index contributed by atoms with van der Waals surface area (Å²) in [6.07, 6.45) is 8.47. The average Bonchev–Trinajstić information content (AvgIpc) is 2.28. The monoisotopic (exact) mass is 281 g/mol. The number of rotatable bonds is 12. The molecular formula is C18H38Al. The van der Waals surface area contributed by atoms with Crippen LogP contribution in [0.25, 0.3) is 0 Å². The van der Waals surface area contributed by atoms with Gasteiger partial charge in [0.1, 0.15) is 0 Å². The lowest BCUT2D eigenvalue weighted by atomic mass is 9.95. The summed E-state index contributed by atoms with van der Waals surface area (Å²) in [7, 11) is 0. The first-order valence-electron chi connectivity index (χ1n) is 8.81. The molecule has 0 aromatic heterocycles. The zero-order valence-corrected chi connectivity index (χ0v) is 15.7. The Bertz CT molecular complexity index is 170. The van der Waals surface area contributed by atoms with Crippen LogP contribution < -0.4 is 0 Å². The summed E-state index contributed by atoms with van der Waals surface area (Å²) < 4.78 is 0. The molecule has 4 atom stereocenters. The lowest BCUT2D eigenvalue weighted by Gasteiger charge is -2.19. The van der Waals surface area contributed by atoms with E-state index in [0.717, 1.165) is 23.7 Å². The maximum absolute atomic E-state index is 2.48. The highest BCUT2D eigenvalue weighted by Gasteiger charge is 2.12. The Morgan fingerprint density at radius 2 is 1.00 bits per heavy atom. The van der Waals surface area contributed by atoms with Crippen molar-refractivity contribution in [3.63, 3.8) is 0 Å². The molecule has 0 heterocycles. The lowest BCUT2D eigenvalue weighted by molar-refractivity contribution is 0.403. The molecule has 19 heavy (non-hydrogen) atoms. The molecule has 0 aromatic rings. The van der Waals surface area contributed by atoms with Crippen LogP contribution in [-0.4, -0.2) is 15.2 Å². The molecule has 1 radical (unpaired) electrons. The maximum Gasteiger partial charge on any atom is 0.200 e. The molecule has 0 saturated heterocycles. The van der Waals surface area contributed by atoms with E-state index in [1.807, 2.05) is 0 Å². The highest BCUT2D eigenvalue weighted by molar-refractivity contribution is 6.35. The van der Waals surface area contributed by atoms with Crippen LogP contribution in [0.15, 0.2) is 0 Å². The highest BCUT2D eigenvalue weighted by Crippen LogP contribution is 2.22. The van der Waals surface area contributed by atoms with Gasteiger partial charge >= 0.3 is 0 Å². The van der Waals surface area contributed by atoms with Gasteiger partial charge in [-0.1, -0.05) is 79.1 Å². The van der Waals surface area contributed by atoms with Crippen molar-refractivity contribution in [2.45, 2.75) is 90.6 Å². The number of hydrogen-bond acceptors (Lipinski definition) is 0. The molecule has 0 N–H and O–H groups in total. The average molecular weight is 281 g/mol. The molecule has 0 amide bonds. The third kappa shape index (κ3) is 12.0. The molecule has 0 saturated carbocycles.